The maximum atomic E-state index is 10.1. The highest BCUT2D eigenvalue weighted by Gasteiger charge is 1.90. The van der Waals surface area contributed by atoms with Crippen molar-refractivity contribution in [1.82, 2.24) is 0 Å². The molecular weight excluding hydrogens is 208 g/mol. The summed E-state index contributed by atoms with van der Waals surface area (Å²) in [4.78, 5) is 10.1. The molecule has 0 rings (SSSR count). The largest absolute Gasteiger partial charge is 0.303 e. The minimum absolute atomic E-state index is 0.733. The van der Waals surface area contributed by atoms with E-state index in [0.717, 1.165) is 25.5 Å². The second-order valence-electron chi connectivity index (χ2n) is 4.11. The van der Waals surface area contributed by atoms with Gasteiger partial charge in [0.2, 0.25) is 0 Å². The van der Waals surface area contributed by atoms with E-state index in [4.69, 9.17) is 0 Å². The molecule has 17 heavy (non-hydrogen) atoms. The van der Waals surface area contributed by atoms with Crippen molar-refractivity contribution in [3.8, 4) is 11.8 Å². The van der Waals surface area contributed by atoms with Gasteiger partial charge in [-0.1, -0.05) is 56.6 Å². The average molecular weight is 232 g/mol. The van der Waals surface area contributed by atoms with E-state index in [0.29, 0.717) is 0 Å². The summed E-state index contributed by atoms with van der Waals surface area (Å²) < 4.78 is 0. The molecule has 0 spiro atoms. The molecule has 0 N–H and O–H groups in total. The molecule has 0 aromatic heterocycles. The zero-order valence-electron chi connectivity index (χ0n) is 10.8. The lowest BCUT2D eigenvalue weighted by molar-refractivity contribution is -0.107. The molecule has 1 nitrogen and oxygen atoms in total. The van der Waals surface area contributed by atoms with Crippen molar-refractivity contribution in [2.75, 3.05) is 0 Å². The number of carbonyl (C=O) groups excluding carboxylic acids is 1. The van der Waals surface area contributed by atoms with Gasteiger partial charge in [0.15, 0.2) is 0 Å². The van der Waals surface area contributed by atoms with E-state index < -0.39 is 0 Å². The standard InChI is InChI=1S/C16H24O/c1-2-3-4-5-6-7-8-9-10-11-12-13-14-15-16-17/h2,5-6,16H,1,7-15H2/b6-5+. The van der Waals surface area contributed by atoms with Gasteiger partial charge in [-0.2, -0.15) is 0 Å². The lowest BCUT2D eigenvalue weighted by atomic mass is 10.1. The minimum Gasteiger partial charge on any atom is -0.303 e. The molecule has 0 aliphatic carbocycles. The van der Waals surface area contributed by atoms with Crippen LogP contribution in [0.3, 0.4) is 0 Å². The van der Waals surface area contributed by atoms with Crippen molar-refractivity contribution in [3.05, 3.63) is 24.8 Å². The first-order chi connectivity index (χ1) is 8.41. The smallest absolute Gasteiger partial charge is 0.119 e. The van der Waals surface area contributed by atoms with Crippen LogP contribution >= 0.6 is 0 Å². The summed E-state index contributed by atoms with van der Waals surface area (Å²) >= 11 is 0. The van der Waals surface area contributed by atoms with Crippen molar-refractivity contribution < 1.29 is 4.79 Å². The molecule has 0 saturated carbocycles. The van der Waals surface area contributed by atoms with Crippen LogP contribution in [0, 0.1) is 11.8 Å². The molecule has 0 aliphatic heterocycles. The molecule has 1 heteroatoms. The Morgan fingerprint density at radius 1 is 0.824 bits per heavy atom. The SMILES string of the molecule is C=CC#C/C=C/CCCCCCCCCC=O. The quantitative estimate of drug-likeness (QED) is 0.309. The van der Waals surface area contributed by atoms with E-state index in [1.807, 2.05) is 6.08 Å². The Labute approximate surface area is 106 Å². The Morgan fingerprint density at radius 2 is 1.41 bits per heavy atom. The number of unbranched alkanes of at least 4 members (excludes halogenated alkanes) is 8. The van der Waals surface area contributed by atoms with E-state index >= 15 is 0 Å². The van der Waals surface area contributed by atoms with Crippen LogP contribution in [-0.2, 0) is 4.79 Å². The highest BCUT2D eigenvalue weighted by atomic mass is 16.1. The second-order valence-corrected chi connectivity index (χ2v) is 4.11. The Morgan fingerprint density at radius 3 is 2.00 bits per heavy atom. The maximum Gasteiger partial charge on any atom is 0.119 e. The number of hydrogen-bond acceptors (Lipinski definition) is 1. The van der Waals surface area contributed by atoms with Crippen molar-refractivity contribution >= 4 is 6.29 Å². The number of hydrogen-bond donors (Lipinski definition) is 0. The monoisotopic (exact) mass is 232 g/mol. The van der Waals surface area contributed by atoms with Crippen LogP contribution in [0.25, 0.3) is 0 Å². The van der Waals surface area contributed by atoms with Crippen LogP contribution in [0.4, 0.5) is 0 Å². The number of aldehydes is 1. The highest BCUT2D eigenvalue weighted by Crippen LogP contribution is 2.09. The Bertz CT molecular complexity index is 265. The third-order valence-electron chi connectivity index (χ3n) is 2.58. The fourth-order valence-corrected chi connectivity index (χ4v) is 1.62. The van der Waals surface area contributed by atoms with Gasteiger partial charge in [-0.25, -0.2) is 0 Å². The van der Waals surface area contributed by atoms with Gasteiger partial charge in [-0.05, 0) is 31.4 Å². The van der Waals surface area contributed by atoms with E-state index in [2.05, 4.69) is 24.5 Å². The van der Waals surface area contributed by atoms with Gasteiger partial charge in [0.05, 0.1) is 0 Å². The van der Waals surface area contributed by atoms with Crippen LogP contribution in [0.1, 0.15) is 57.8 Å². The van der Waals surface area contributed by atoms with Gasteiger partial charge in [-0.3, -0.25) is 0 Å². The van der Waals surface area contributed by atoms with E-state index in [1.54, 1.807) is 6.08 Å². The molecule has 0 saturated heterocycles. The van der Waals surface area contributed by atoms with Crippen LogP contribution in [0.2, 0.25) is 0 Å². The van der Waals surface area contributed by atoms with Gasteiger partial charge in [-0.15, -0.1) is 0 Å². The first kappa shape index (κ1) is 15.7. The molecule has 0 fully saturated rings. The summed E-state index contributed by atoms with van der Waals surface area (Å²) in [6.45, 7) is 3.53. The fourth-order valence-electron chi connectivity index (χ4n) is 1.62. The van der Waals surface area contributed by atoms with Gasteiger partial charge < -0.3 is 4.79 Å². The van der Waals surface area contributed by atoms with Crippen LogP contribution < -0.4 is 0 Å². The molecule has 0 aromatic rings. The average Bonchev–Trinajstić information content (AvgIpc) is 2.35. The number of rotatable bonds is 10. The van der Waals surface area contributed by atoms with Gasteiger partial charge >= 0.3 is 0 Å². The van der Waals surface area contributed by atoms with Crippen LogP contribution in [0.5, 0.6) is 0 Å². The summed E-state index contributed by atoms with van der Waals surface area (Å²) in [5, 5.41) is 0. The third-order valence-corrected chi connectivity index (χ3v) is 2.58. The maximum absolute atomic E-state index is 10.1. The van der Waals surface area contributed by atoms with Crippen molar-refractivity contribution in [2.24, 2.45) is 0 Å². The minimum atomic E-state index is 0.733. The summed E-state index contributed by atoms with van der Waals surface area (Å²) in [5.41, 5.74) is 0. The van der Waals surface area contributed by atoms with Crippen molar-refractivity contribution in [3.63, 3.8) is 0 Å². The zero-order valence-corrected chi connectivity index (χ0v) is 10.8. The molecular formula is C16H24O. The van der Waals surface area contributed by atoms with E-state index in [1.165, 1.54) is 38.5 Å². The molecule has 94 valence electrons. The fraction of sp³-hybridized carbons (Fsp3) is 0.562. The van der Waals surface area contributed by atoms with Gasteiger partial charge in [0.25, 0.3) is 0 Å². The molecule has 0 amide bonds. The summed E-state index contributed by atoms with van der Waals surface area (Å²) in [6, 6.07) is 0. The summed E-state index contributed by atoms with van der Waals surface area (Å²) in [7, 11) is 0. The van der Waals surface area contributed by atoms with Crippen LogP contribution in [-0.4, -0.2) is 6.29 Å². The summed E-state index contributed by atoms with van der Waals surface area (Å²) in [6.07, 6.45) is 17.2. The zero-order chi connectivity index (χ0) is 12.6. The van der Waals surface area contributed by atoms with E-state index in [9.17, 15) is 4.79 Å². The van der Waals surface area contributed by atoms with E-state index in [-0.39, 0.29) is 0 Å². The van der Waals surface area contributed by atoms with Crippen molar-refractivity contribution in [2.45, 2.75) is 57.8 Å². The number of allylic oxidation sites excluding steroid dienone is 3. The first-order valence-electron chi connectivity index (χ1n) is 6.62. The predicted molar refractivity (Wildman–Crippen MR) is 74.7 cm³/mol. The normalized spacial score (nSPS) is 9.88. The number of carbonyl (C=O) groups is 1. The lowest BCUT2D eigenvalue weighted by Gasteiger charge is -1.99. The Hall–Kier alpha value is -1.29. The highest BCUT2D eigenvalue weighted by molar-refractivity contribution is 5.48. The topological polar surface area (TPSA) is 17.1 Å². The Balaban J connectivity index is 3.10. The molecule has 0 aromatic carbocycles. The van der Waals surface area contributed by atoms with Crippen molar-refractivity contribution in [1.29, 1.82) is 0 Å². The van der Waals surface area contributed by atoms with Gasteiger partial charge in [0, 0.05) is 6.42 Å². The summed E-state index contributed by atoms with van der Waals surface area (Å²) in [5.74, 6) is 5.67. The first-order valence-corrected chi connectivity index (χ1v) is 6.62. The molecule has 0 aliphatic rings. The predicted octanol–water partition coefficient (Wildman–Crippen LogP) is 4.44. The molecule has 0 bridgehead atoms. The van der Waals surface area contributed by atoms with Gasteiger partial charge in [0.1, 0.15) is 6.29 Å². The Kier molecular flexibility index (Phi) is 13.6. The molecule has 0 radical (unpaired) electrons. The molecule has 0 atom stereocenters. The second kappa shape index (κ2) is 14.7. The third kappa shape index (κ3) is 14.7. The molecule has 0 heterocycles. The lowest BCUT2D eigenvalue weighted by Crippen LogP contribution is -1.81. The van der Waals surface area contributed by atoms with Crippen LogP contribution in [0.15, 0.2) is 24.8 Å². The molecule has 0 unspecified atom stereocenters.